The lowest BCUT2D eigenvalue weighted by Crippen LogP contribution is -2.51. The number of aromatic nitrogens is 3. The SMILES string of the molecule is CCCn1c(=O)[nH]c(=O)c2c(C(=O)NC3(CN)CCCC3)cc(C3CC3)nc21. The molecule has 28 heavy (non-hydrogen) atoms. The van der Waals surface area contributed by atoms with Crippen molar-refractivity contribution in [3.05, 3.63) is 38.2 Å². The number of fused-ring (bicyclic) bond motifs is 1. The monoisotopic (exact) mass is 385 g/mol. The standard InChI is InChI=1S/C20H27N5O3/c1-2-9-25-16-15(18(27)23-19(25)28)13(10-14(22-16)12-5-6-12)17(26)24-20(11-21)7-3-4-8-20/h10,12H,2-9,11,21H2,1H3,(H,24,26)(H,23,27,28). The molecule has 0 aliphatic heterocycles. The van der Waals surface area contributed by atoms with Gasteiger partial charge in [0.05, 0.1) is 16.5 Å². The Balaban J connectivity index is 1.89. The molecule has 0 radical (unpaired) electrons. The number of nitrogens with zero attached hydrogens (tertiary/aromatic N) is 2. The number of carbonyl (C=O) groups excluding carboxylic acids is 1. The second-order valence-corrected chi connectivity index (χ2v) is 8.12. The van der Waals surface area contributed by atoms with Crippen LogP contribution < -0.4 is 22.3 Å². The lowest BCUT2D eigenvalue weighted by molar-refractivity contribution is 0.0904. The van der Waals surface area contributed by atoms with Gasteiger partial charge in [-0.15, -0.1) is 0 Å². The molecule has 0 aromatic carbocycles. The fourth-order valence-corrected chi connectivity index (χ4v) is 4.23. The van der Waals surface area contributed by atoms with Crippen molar-refractivity contribution in [2.45, 2.75) is 69.9 Å². The van der Waals surface area contributed by atoms with Crippen molar-refractivity contribution in [1.29, 1.82) is 0 Å². The Morgan fingerprint density at radius 1 is 1.36 bits per heavy atom. The summed E-state index contributed by atoms with van der Waals surface area (Å²) in [6.45, 7) is 2.75. The van der Waals surface area contributed by atoms with Crippen molar-refractivity contribution >= 4 is 16.9 Å². The van der Waals surface area contributed by atoms with Crippen LogP contribution in [0.15, 0.2) is 15.7 Å². The number of H-pyrrole nitrogens is 1. The van der Waals surface area contributed by atoms with Gasteiger partial charge in [-0.25, -0.2) is 9.78 Å². The number of hydrogen-bond donors (Lipinski definition) is 3. The zero-order chi connectivity index (χ0) is 19.9. The molecular weight excluding hydrogens is 358 g/mol. The maximum atomic E-state index is 13.2. The number of aromatic amines is 1. The normalized spacial score (nSPS) is 18.5. The molecule has 1 amide bonds. The van der Waals surface area contributed by atoms with Gasteiger partial charge in [-0.2, -0.15) is 0 Å². The van der Waals surface area contributed by atoms with Gasteiger partial charge in [-0.3, -0.25) is 19.1 Å². The Hall–Kier alpha value is -2.48. The number of rotatable bonds is 6. The summed E-state index contributed by atoms with van der Waals surface area (Å²) in [5.41, 5.74) is 5.87. The Labute approximate surface area is 162 Å². The summed E-state index contributed by atoms with van der Waals surface area (Å²) in [6, 6.07) is 1.73. The number of amides is 1. The van der Waals surface area contributed by atoms with Crippen LogP contribution in [0.1, 0.15) is 73.8 Å². The molecule has 150 valence electrons. The average Bonchev–Trinajstić information content (AvgIpc) is 3.43. The van der Waals surface area contributed by atoms with Gasteiger partial charge >= 0.3 is 5.69 Å². The molecule has 0 atom stereocenters. The first-order valence-electron chi connectivity index (χ1n) is 10.2. The highest BCUT2D eigenvalue weighted by Gasteiger charge is 2.35. The summed E-state index contributed by atoms with van der Waals surface area (Å²) < 4.78 is 1.47. The molecule has 2 aliphatic rings. The Morgan fingerprint density at radius 3 is 2.68 bits per heavy atom. The lowest BCUT2D eigenvalue weighted by atomic mass is 9.96. The Morgan fingerprint density at radius 2 is 2.07 bits per heavy atom. The first kappa shape index (κ1) is 18.9. The van der Waals surface area contributed by atoms with Crippen LogP contribution in [0.25, 0.3) is 11.0 Å². The molecule has 2 saturated carbocycles. The lowest BCUT2D eigenvalue weighted by Gasteiger charge is -2.29. The fourth-order valence-electron chi connectivity index (χ4n) is 4.23. The van der Waals surface area contributed by atoms with E-state index in [1.807, 2.05) is 6.92 Å². The first-order valence-corrected chi connectivity index (χ1v) is 10.2. The summed E-state index contributed by atoms with van der Waals surface area (Å²) in [5.74, 6) is -0.0239. The van der Waals surface area contributed by atoms with Gasteiger partial charge in [-0.05, 0) is 38.2 Å². The molecule has 2 aliphatic carbocycles. The van der Waals surface area contributed by atoms with Crippen molar-refractivity contribution in [2.24, 2.45) is 5.73 Å². The Kier molecular flexibility index (Phi) is 4.82. The van der Waals surface area contributed by atoms with E-state index in [0.717, 1.165) is 44.2 Å². The van der Waals surface area contributed by atoms with Gasteiger partial charge in [0.25, 0.3) is 11.5 Å². The van der Waals surface area contributed by atoms with Crippen LogP contribution in [-0.4, -0.2) is 32.5 Å². The average molecular weight is 385 g/mol. The Bertz CT molecular complexity index is 1030. The van der Waals surface area contributed by atoms with Gasteiger partial charge in [0.2, 0.25) is 0 Å². The van der Waals surface area contributed by atoms with Gasteiger partial charge in [0.1, 0.15) is 0 Å². The maximum Gasteiger partial charge on any atom is 0.329 e. The van der Waals surface area contributed by atoms with Gasteiger partial charge < -0.3 is 11.1 Å². The van der Waals surface area contributed by atoms with Gasteiger partial charge in [0.15, 0.2) is 5.65 Å². The summed E-state index contributed by atoms with van der Waals surface area (Å²) in [5, 5.41) is 3.28. The molecule has 4 rings (SSSR count). The third-order valence-corrected chi connectivity index (χ3v) is 5.99. The molecule has 4 N–H and O–H groups in total. The van der Waals surface area contributed by atoms with Crippen LogP contribution in [0.2, 0.25) is 0 Å². The highest BCUT2D eigenvalue weighted by atomic mass is 16.2. The zero-order valence-electron chi connectivity index (χ0n) is 16.2. The molecule has 0 unspecified atom stereocenters. The fraction of sp³-hybridized carbons (Fsp3) is 0.600. The highest BCUT2D eigenvalue weighted by Crippen LogP contribution is 2.40. The number of pyridine rings is 1. The maximum absolute atomic E-state index is 13.2. The number of aryl methyl sites for hydroxylation is 1. The minimum atomic E-state index is -0.569. The van der Waals surface area contributed by atoms with Gasteiger partial charge in [-0.1, -0.05) is 19.8 Å². The van der Waals surface area contributed by atoms with E-state index in [4.69, 9.17) is 5.73 Å². The predicted octanol–water partition coefficient (Wildman–Crippen LogP) is 1.37. The van der Waals surface area contributed by atoms with E-state index in [1.54, 1.807) is 6.07 Å². The predicted molar refractivity (Wildman–Crippen MR) is 107 cm³/mol. The van der Waals surface area contributed by atoms with Crippen LogP contribution in [0, 0.1) is 0 Å². The van der Waals surface area contributed by atoms with Crippen molar-refractivity contribution in [2.75, 3.05) is 6.54 Å². The summed E-state index contributed by atoms with van der Waals surface area (Å²) in [6.07, 6.45) is 6.46. The molecule has 0 spiro atoms. The van der Waals surface area contributed by atoms with Gasteiger partial charge in [0, 0.05) is 24.7 Å². The smallest absolute Gasteiger partial charge is 0.329 e. The largest absolute Gasteiger partial charge is 0.345 e. The molecule has 8 nitrogen and oxygen atoms in total. The second kappa shape index (κ2) is 7.16. The summed E-state index contributed by atoms with van der Waals surface area (Å²) in [7, 11) is 0. The summed E-state index contributed by atoms with van der Waals surface area (Å²) >= 11 is 0. The van der Waals surface area contributed by atoms with Crippen molar-refractivity contribution < 1.29 is 4.79 Å². The van der Waals surface area contributed by atoms with Crippen molar-refractivity contribution in [1.82, 2.24) is 19.9 Å². The number of carbonyl (C=O) groups is 1. The van der Waals surface area contributed by atoms with E-state index in [9.17, 15) is 14.4 Å². The minimum absolute atomic E-state index is 0.181. The second-order valence-electron chi connectivity index (χ2n) is 8.12. The third kappa shape index (κ3) is 3.26. The first-order chi connectivity index (χ1) is 13.5. The zero-order valence-corrected chi connectivity index (χ0v) is 16.2. The highest BCUT2D eigenvalue weighted by molar-refractivity contribution is 6.05. The van der Waals surface area contributed by atoms with E-state index in [1.165, 1.54) is 4.57 Å². The topological polar surface area (TPSA) is 123 Å². The molecule has 2 heterocycles. The van der Waals surface area contributed by atoms with E-state index in [-0.39, 0.29) is 22.8 Å². The van der Waals surface area contributed by atoms with Crippen LogP contribution in [0.5, 0.6) is 0 Å². The summed E-state index contributed by atoms with van der Waals surface area (Å²) in [4.78, 5) is 45.2. The van der Waals surface area contributed by atoms with E-state index in [0.29, 0.717) is 25.2 Å². The number of hydrogen-bond acceptors (Lipinski definition) is 5. The molecule has 2 fully saturated rings. The molecule has 0 bridgehead atoms. The van der Waals surface area contributed by atoms with E-state index < -0.39 is 16.8 Å². The number of nitrogens with two attached hydrogens (primary N) is 1. The van der Waals surface area contributed by atoms with Crippen molar-refractivity contribution in [3.63, 3.8) is 0 Å². The quantitative estimate of drug-likeness (QED) is 0.693. The minimum Gasteiger partial charge on any atom is -0.345 e. The van der Waals surface area contributed by atoms with E-state index >= 15 is 0 Å². The third-order valence-electron chi connectivity index (χ3n) is 5.99. The molecule has 2 aromatic heterocycles. The van der Waals surface area contributed by atoms with Crippen LogP contribution in [-0.2, 0) is 6.54 Å². The number of nitrogens with one attached hydrogen (secondary N) is 2. The van der Waals surface area contributed by atoms with Crippen LogP contribution >= 0.6 is 0 Å². The van der Waals surface area contributed by atoms with Crippen LogP contribution in [0.3, 0.4) is 0 Å². The molecule has 2 aromatic rings. The molecular formula is C20H27N5O3. The van der Waals surface area contributed by atoms with E-state index in [2.05, 4.69) is 15.3 Å². The van der Waals surface area contributed by atoms with Crippen LogP contribution in [0.4, 0.5) is 0 Å². The van der Waals surface area contributed by atoms with Crippen molar-refractivity contribution in [3.8, 4) is 0 Å². The molecule has 0 saturated heterocycles. The molecule has 8 heteroatoms.